The smallest absolute Gasteiger partial charge is 0.406 e. The Morgan fingerprint density at radius 2 is 1.81 bits per heavy atom. The Balaban J connectivity index is 0.00000102. The summed E-state index contributed by atoms with van der Waals surface area (Å²) >= 11 is 0. The van der Waals surface area contributed by atoms with Gasteiger partial charge >= 0.3 is 5.76 Å². The average molecular weight is 363 g/mol. The molecule has 27 heavy (non-hydrogen) atoms. The van der Waals surface area contributed by atoms with Gasteiger partial charge in [-0.3, -0.25) is 4.98 Å². The van der Waals surface area contributed by atoms with Gasteiger partial charge in [-0.15, -0.1) is 0 Å². The summed E-state index contributed by atoms with van der Waals surface area (Å²) in [4.78, 5) is 20.1. The Kier molecular flexibility index (Phi) is 5.69. The number of nitrogens with zero attached hydrogens (tertiary/aromatic N) is 3. The van der Waals surface area contributed by atoms with Crippen molar-refractivity contribution in [3.05, 3.63) is 70.7 Å². The van der Waals surface area contributed by atoms with Crippen LogP contribution in [-0.4, -0.2) is 14.5 Å². The first-order valence-electron chi connectivity index (χ1n) is 9.45. The molecule has 0 atom stereocenters. The highest BCUT2D eigenvalue weighted by atomic mass is 16.4. The van der Waals surface area contributed by atoms with E-state index in [2.05, 4.69) is 26.7 Å². The van der Waals surface area contributed by atoms with Gasteiger partial charge in [0.25, 0.3) is 0 Å². The molecule has 3 heterocycles. The van der Waals surface area contributed by atoms with Gasteiger partial charge in [-0.2, -0.15) is 4.98 Å². The molecule has 0 fully saturated rings. The zero-order chi connectivity index (χ0) is 19.4. The predicted molar refractivity (Wildman–Crippen MR) is 109 cm³/mol. The number of hydrogen-bond acceptors (Lipinski definition) is 4. The molecule has 0 spiro atoms. The lowest BCUT2D eigenvalue weighted by atomic mass is 10.0. The van der Waals surface area contributed by atoms with Crippen molar-refractivity contribution >= 4 is 21.9 Å². The van der Waals surface area contributed by atoms with E-state index in [-0.39, 0.29) is 5.92 Å². The molecule has 1 aromatic carbocycles. The van der Waals surface area contributed by atoms with Crippen molar-refractivity contribution in [3.8, 4) is 0 Å². The summed E-state index contributed by atoms with van der Waals surface area (Å²) in [6, 6.07) is 10.1. The summed E-state index contributed by atoms with van der Waals surface area (Å²) in [6.45, 7) is 8.87. The molecule has 0 radical (unpaired) electrons. The molecule has 0 saturated heterocycles. The maximum Gasteiger partial charge on any atom is 0.439 e. The number of aryl methyl sites for hydroxylation is 2. The lowest BCUT2D eigenvalue weighted by molar-refractivity contribution is 0.523. The van der Waals surface area contributed by atoms with Crippen LogP contribution < -0.4 is 5.76 Å². The van der Waals surface area contributed by atoms with Crippen LogP contribution in [-0.2, 0) is 13.0 Å². The maximum absolute atomic E-state index is 12.0. The zero-order valence-corrected chi connectivity index (χ0v) is 16.3. The molecule has 5 nitrogen and oxygen atoms in total. The second-order valence-corrected chi connectivity index (χ2v) is 6.51. The van der Waals surface area contributed by atoms with Crippen LogP contribution in [0.15, 0.2) is 58.1 Å². The van der Waals surface area contributed by atoms with Gasteiger partial charge in [0.05, 0.1) is 11.2 Å². The first-order valence-corrected chi connectivity index (χ1v) is 9.45. The molecule has 0 amide bonds. The van der Waals surface area contributed by atoms with Crippen LogP contribution in [0.2, 0.25) is 0 Å². The highest BCUT2D eigenvalue weighted by molar-refractivity contribution is 6.03. The van der Waals surface area contributed by atoms with E-state index in [0.29, 0.717) is 5.58 Å². The Morgan fingerprint density at radius 3 is 2.52 bits per heavy atom. The number of hydrogen-bond donors (Lipinski definition) is 0. The van der Waals surface area contributed by atoms with Gasteiger partial charge in [0.1, 0.15) is 0 Å². The summed E-state index contributed by atoms with van der Waals surface area (Å²) in [5.74, 6) is -0.380. The fourth-order valence-electron chi connectivity index (χ4n) is 3.26. The monoisotopic (exact) mass is 363 g/mol. The molecule has 0 N–H and O–H groups in total. The molecule has 5 heteroatoms. The lowest BCUT2D eigenvalue weighted by Gasteiger charge is -2.10. The first kappa shape index (κ1) is 18.8. The Bertz CT molecular complexity index is 1100. The molecule has 0 saturated carbocycles. The second kappa shape index (κ2) is 8.16. The maximum atomic E-state index is 12.0. The zero-order valence-electron chi connectivity index (χ0n) is 16.3. The second-order valence-electron chi connectivity index (χ2n) is 6.51. The van der Waals surface area contributed by atoms with Gasteiger partial charge in [0.2, 0.25) is 0 Å². The standard InChI is InChI=1S/C20H19N3O2.C2H6/c1-13(2)17-16-4-3-15-8-12-23(11-7-14-5-9-21-10-6-14)18(15)19(16)25-20(24)22-17;1-2/h3-6,8-10,12-13H,7,11H2,1-2H3;1-2H3. The van der Waals surface area contributed by atoms with Gasteiger partial charge in [0, 0.05) is 35.9 Å². The molecular formula is C22H25N3O2. The predicted octanol–water partition coefficient (Wildman–Crippen LogP) is 4.93. The minimum absolute atomic E-state index is 0.157. The summed E-state index contributed by atoms with van der Waals surface area (Å²) in [6.07, 6.45) is 6.53. The minimum atomic E-state index is -0.536. The summed E-state index contributed by atoms with van der Waals surface area (Å²) in [5.41, 5.74) is 3.59. The van der Waals surface area contributed by atoms with Crippen molar-refractivity contribution in [3.63, 3.8) is 0 Å². The number of rotatable bonds is 4. The van der Waals surface area contributed by atoms with Crippen LogP contribution >= 0.6 is 0 Å². The molecule has 0 unspecified atom stereocenters. The Morgan fingerprint density at radius 1 is 1.07 bits per heavy atom. The lowest BCUT2D eigenvalue weighted by Crippen LogP contribution is -2.10. The van der Waals surface area contributed by atoms with Crippen molar-refractivity contribution < 1.29 is 4.42 Å². The molecule has 3 aromatic heterocycles. The largest absolute Gasteiger partial charge is 0.439 e. The molecule has 140 valence electrons. The van der Waals surface area contributed by atoms with Gasteiger partial charge in [-0.1, -0.05) is 33.8 Å². The Labute approximate surface area is 158 Å². The molecule has 0 bridgehead atoms. The summed E-state index contributed by atoms with van der Waals surface area (Å²) in [7, 11) is 0. The fourth-order valence-corrected chi connectivity index (χ4v) is 3.26. The van der Waals surface area contributed by atoms with Crippen LogP contribution in [0.1, 0.15) is 44.9 Å². The topological polar surface area (TPSA) is 60.9 Å². The van der Waals surface area contributed by atoms with Crippen LogP contribution in [0.3, 0.4) is 0 Å². The van der Waals surface area contributed by atoms with Crippen molar-refractivity contribution in [2.24, 2.45) is 0 Å². The van der Waals surface area contributed by atoms with Crippen molar-refractivity contribution in [2.45, 2.75) is 46.6 Å². The number of fused-ring (bicyclic) bond motifs is 3. The van der Waals surface area contributed by atoms with E-state index >= 15 is 0 Å². The number of pyridine rings is 1. The van der Waals surface area contributed by atoms with Crippen molar-refractivity contribution in [1.82, 2.24) is 14.5 Å². The van der Waals surface area contributed by atoms with Crippen molar-refractivity contribution in [1.29, 1.82) is 0 Å². The minimum Gasteiger partial charge on any atom is -0.406 e. The van der Waals surface area contributed by atoms with E-state index in [1.807, 2.05) is 52.1 Å². The highest BCUT2D eigenvalue weighted by Crippen LogP contribution is 2.29. The number of benzene rings is 1. The van der Waals surface area contributed by atoms with Gasteiger partial charge in [-0.25, -0.2) is 4.79 Å². The summed E-state index contributed by atoms with van der Waals surface area (Å²) in [5, 5.41) is 1.97. The van der Waals surface area contributed by atoms with E-state index in [1.54, 1.807) is 12.4 Å². The quantitative estimate of drug-likeness (QED) is 0.516. The third-order valence-corrected chi connectivity index (χ3v) is 4.50. The SMILES string of the molecule is CC.CC(C)c1nc(=O)oc2c1ccc1ccn(CCc3ccncc3)c12. The van der Waals surface area contributed by atoms with E-state index in [0.717, 1.165) is 34.9 Å². The Hall–Kier alpha value is -2.95. The van der Waals surface area contributed by atoms with E-state index < -0.39 is 5.76 Å². The van der Waals surface area contributed by atoms with Crippen molar-refractivity contribution in [2.75, 3.05) is 0 Å². The van der Waals surface area contributed by atoms with Gasteiger partial charge < -0.3 is 8.98 Å². The van der Waals surface area contributed by atoms with E-state index in [4.69, 9.17) is 4.42 Å². The highest BCUT2D eigenvalue weighted by Gasteiger charge is 2.15. The molecule has 0 aliphatic rings. The first-order chi connectivity index (χ1) is 13.1. The molecule has 0 aliphatic heterocycles. The van der Waals surface area contributed by atoms with Crippen LogP contribution in [0, 0.1) is 0 Å². The summed E-state index contributed by atoms with van der Waals surface area (Å²) < 4.78 is 7.66. The molecule has 0 aliphatic carbocycles. The molecule has 4 aromatic rings. The third-order valence-electron chi connectivity index (χ3n) is 4.50. The third kappa shape index (κ3) is 3.77. The fraction of sp³-hybridized carbons (Fsp3) is 0.318. The molecule has 4 rings (SSSR count). The number of aromatic nitrogens is 3. The van der Waals surface area contributed by atoms with Crippen LogP contribution in [0.5, 0.6) is 0 Å². The van der Waals surface area contributed by atoms with Gasteiger partial charge in [0.15, 0.2) is 5.58 Å². The van der Waals surface area contributed by atoms with E-state index in [1.165, 1.54) is 5.56 Å². The van der Waals surface area contributed by atoms with E-state index in [9.17, 15) is 4.79 Å². The average Bonchev–Trinajstić information content (AvgIpc) is 3.11. The normalized spacial score (nSPS) is 11.0. The van der Waals surface area contributed by atoms with Crippen LogP contribution in [0.4, 0.5) is 0 Å². The van der Waals surface area contributed by atoms with Crippen LogP contribution in [0.25, 0.3) is 21.9 Å². The van der Waals surface area contributed by atoms with Gasteiger partial charge in [-0.05, 0) is 42.2 Å². The molecular weight excluding hydrogens is 338 g/mol.